The number of ether oxygens (including phenoxy) is 1. The van der Waals surface area contributed by atoms with Crippen LogP contribution in [-0.2, 0) is 9.53 Å². The molecule has 0 aliphatic carbocycles. The summed E-state index contributed by atoms with van der Waals surface area (Å²) >= 11 is 0. The van der Waals surface area contributed by atoms with Crippen molar-refractivity contribution in [3.63, 3.8) is 0 Å². The molecule has 0 aromatic heterocycles. The molecular formula is C14H21NO3. The second kappa shape index (κ2) is 7.63. The summed E-state index contributed by atoms with van der Waals surface area (Å²) in [4.78, 5) is 11.4. The summed E-state index contributed by atoms with van der Waals surface area (Å²) in [6.45, 7) is 4.52. The predicted octanol–water partition coefficient (Wildman–Crippen LogP) is 2.20. The van der Waals surface area contributed by atoms with Gasteiger partial charge in [0.1, 0.15) is 12.3 Å². The number of hydrogen-bond donors (Lipinski definition) is 0. The maximum Gasteiger partial charge on any atom is 0.311 e. The van der Waals surface area contributed by atoms with Crippen LogP contribution in [0.5, 0.6) is 0 Å². The molecule has 0 heterocycles. The van der Waals surface area contributed by atoms with Gasteiger partial charge in [0.05, 0.1) is 27.1 Å². The lowest BCUT2D eigenvalue weighted by molar-refractivity contribution is -0.142. The summed E-state index contributed by atoms with van der Waals surface area (Å²) < 4.78 is 5.63. The van der Waals surface area contributed by atoms with E-state index in [4.69, 9.17) is 4.74 Å². The van der Waals surface area contributed by atoms with Gasteiger partial charge in [-0.1, -0.05) is 30.9 Å². The molecule has 0 fully saturated rings. The largest absolute Gasteiger partial charge is 0.870 e. The van der Waals surface area contributed by atoms with Crippen molar-refractivity contribution < 1.29 is 15.0 Å². The molecule has 18 heavy (non-hydrogen) atoms. The number of esters is 1. The average Bonchev–Trinajstić information content (AvgIpc) is 2.35. The number of hydrogen-bond acceptors (Lipinski definition) is 3. The highest BCUT2D eigenvalue weighted by atomic mass is 16.5. The van der Waals surface area contributed by atoms with Crippen LogP contribution >= 0.6 is 0 Å². The van der Waals surface area contributed by atoms with Crippen molar-refractivity contribution in [1.82, 2.24) is 4.48 Å². The van der Waals surface area contributed by atoms with Crippen LogP contribution in [0.4, 0.5) is 5.69 Å². The molecule has 0 aliphatic heterocycles. The van der Waals surface area contributed by atoms with Crippen LogP contribution in [0.25, 0.3) is 0 Å². The van der Waals surface area contributed by atoms with Gasteiger partial charge in [-0.2, -0.15) is 0 Å². The average molecular weight is 251 g/mol. The van der Waals surface area contributed by atoms with Crippen LogP contribution in [0.15, 0.2) is 43.0 Å². The van der Waals surface area contributed by atoms with Gasteiger partial charge < -0.3 is 10.2 Å². The highest BCUT2D eigenvalue weighted by molar-refractivity contribution is 5.70. The van der Waals surface area contributed by atoms with Crippen LogP contribution in [0.1, 0.15) is 6.42 Å². The van der Waals surface area contributed by atoms with Gasteiger partial charge >= 0.3 is 5.97 Å². The minimum Gasteiger partial charge on any atom is -0.870 e. The normalized spacial score (nSPS) is 10.3. The molecule has 1 rings (SSSR count). The molecule has 4 nitrogen and oxygen atoms in total. The summed E-state index contributed by atoms with van der Waals surface area (Å²) in [7, 11) is 4.16. The number of nitrogens with zero attached hydrogens (tertiary/aromatic N) is 1. The van der Waals surface area contributed by atoms with Crippen molar-refractivity contribution in [3.05, 3.63) is 43.0 Å². The molecule has 0 saturated carbocycles. The van der Waals surface area contributed by atoms with E-state index in [1.54, 1.807) is 6.08 Å². The summed E-state index contributed by atoms with van der Waals surface area (Å²) in [5, 5.41) is 0. The monoisotopic (exact) mass is 251 g/mol. The Hall–Kier alpha value is -1.65. The zero-order chi connectivity index (χ0) is 12.7. The molecule has 0 atom stereocenters. The Morgan fingerprint density at radius 1 is 1.33 bits per heavy atom. The first-order valence-corrected chi connectivity index (χ1v) is 5.71. The van der Waals surface area contributed by atoms with E-state index in [0.717, 1.165) is 6.54 Å². The Labute approximate surface area is 108 Å². The number of carbonyl (C=O) groups excluding carboxylic acids is 1. The summed E-state index contributed by atoms with van der Waals surface area (Å²) in [6, 6.07) is 10.1. The van der Waals surface area contributed by atoms with Gasteiger partial charge in [-0.15, -0.1) is 0 Å². The zero-order valence-corrected chi connectivity index (χ0v) is 11.0. The number of carbonyl (C=O) groups is 1. The first kappa shape index (κ1) is 16.4. The summed E-state index contributed by atoms with van der Waals surface area (Å²) in [5.74, 6) is -0.174. The standard InChI is InChI=1S/C14H20NO2.H2O/c1-4-12-17-14(16)10-11-15(2,3)13-8-6-5-7-9-13;/h4-9H,1,10-12H2,2-3H3;1H2/q+1;/p-1. The smallest absolute Gasteiger partial charge is 0.311 e. The number of para-hydroxylation sites is 1. The predicted molar refractivity (Wildman–Crippen MR) is 72.7 cm³/mol. The van der Waals surface area contributed by atoms with E-state index in [1.807, 2.05) is 18.2 Å². The van der Waals surface area contributed by atoms with E-state index in [1.165, 1.54) is 5.69 Å². The molecule has 0 spiro atoms. The Morgan fingerprint density at radius 2 is 1.94 bits per heavy atom. The second-order valence-corrected chi connectivity index (χ2v) is 4.47. The van der Waals surface area contributed by atoms with Crippen molar-refractivity contribution in [3.8, 4) is 0 Å². The van der Waals surface area contributed by atoms with Gasteiger partial charge in [0.15, 0.2) is 0 Å². The van der Waals surface area contributed by atoms with E-state index in [0.29, 0.717) is 10.9 Å². The van der Waals surface area contributed by atoms with E-state index in [2.05, 4.69) is 32.8 Å². The van der Waals surface area contributed by atoms with Gasteiger partial charge in [0.25, 0.3) is 0 Å². The first-order chi connectivity index (χ1) is 8.06. The lowest BCUT2D eigenvalue weighted by atomic mass is 10.2. The van der Waals surface area contributed by atoms with E-state index in [9.17, 15) is 4.79 Å². The van der Waals surface area contributed by atoms with Gasteiger partial charge in [-0.05, 0) is 12.1 Å². The molecule has 1 aromatic rings. The fourth-order valence-electron chi connectivity index (χ4n) is 1.56. The number of quaternary nitrogens is 1. The van der Waals surface area contributed by atoms with Gasteiger partial charge in [-0.3, -0.25) is 9.28 Å². The van der Waals surface area contributed by atoms with Crippen molar-refractivity contribution in [1.29, 1.82) is 0 Å². The topological polar surface area (TPSA) is 56.3 Å². The molecule has 0 unspecified atom stereocenters. The number of benzene rings is 1. The van der Waals surface area contributed by atoms with E-state index in [-0.39, 0.29) is 18.1 Å². The maximum absolute atomic E-state index is 11.4. The number of rotatable bonds is 6. The maximum atomic E-state index is 11.4. The minimum absolute atomic E-state index is 0. The quantitative estimate of drug-likeness (QED) is 0.442. The third-order valence-corrected chi connectivity index (χ3v) is 2.69. The molecule has 100 valence electrons. The van der Waals surface area contributed by atoms with Crippen molar-refractivity contribution >= 4 is 11.7 Å². The molecule has 0 radical (unpaired) electrons. The second-order valence-electron chi connectivity index (χ2n) is 4.47. The highest BCUT2D eigenvalue weighted by Crippen LogP contribution is 2.18. The molecule has 0 bridgehead atoms. The van der Waals surface area contributed by atoms with E-state index < -0.39 is 0 Å². The molecule has 0 amide bonds. The van der Waals surface area contributed by atoms with Crippen LogP contribution in [0.2, 0.25) is 0 Å². The van der Waals surface area contributed by atoms with Gasteiger partial charge in [0.2, 0.25) is 0 Å². The highest BCUT2D eigenvalue weighted by Gasteiger charge is 2.20. The Balaban J connectivity index is 0.00000289. The van der Waals surface area contributed by atoms with Gasteiger partial charge in [0, 0.05) is 0 Å². The zero-order valence-electron chi connectivity index (χ0n) is 11.0. The summed E-state index contributed by atoms with van der Waals surface area (Å²) in [5.41, 5.74) is 1.18. The Morgan fingerprint density at radius 3 is 2.50 bits per heavy atom. The molecule has 4 heteroatoms. The molecule has 0 aliphatic rings. The fourth-order valence-corrected chi connectivity index (χ4v) is 1.56. The van der Waals surface area contributed by atoms with Crippen LogP contribution in [0.3, 0.4) is 0 Å². The third-order valence-electron chi connectivity index (χ3n) is 2.69. The van der Waals surface area contributed by atoms with Crippen molar-refractivity contribution in [2.75, 3.05) is 27.2 Å². The minimum atomic E-state index is -0.174. The van der Waals surface area contributed by atoms with Crippen molar-refractivity contribution in [2.24, 2.45) is 0 Å². The van der Waals surface area contributed by atoms with Crippen LogP contribution < -0.4 is 4.48 Å². The third kappa shape index (κ3) is 5.12. The molecule has 0 saturated heterocycles. The van der Waals surface area contributed by atoms with Crippen molar-refractivity contribution in [2.45, 2.75) is 6.42 Å². The van der Waals surface area contributed by atoms with Crippen LogP contribution in [-0.4, -0.2) is 38.7 Å². The lowest BCUT2D eigenvalue weighted by Gasteiger charge is -2.28. The van der Waals surface area contributed by atoms with Gasteiger partial charge in [-0.25, -0.2) is 0 Å². The molecule has 1 aromatic carbocycles. The lowest BCUT2D eigenvalue weighted by Crippen LogP contribution is -2.42. The fraction of sp³-hybridized carbons (Fsp3) is 0.357. The Kier molecular flexibility index (Phi) is 6.93. The summed E-state index contributed by atoms with van der Waals surface area (Å²) in [6.07, 6.45) is 1.99. The van der Waals surface area contributed by atoms with E-state index >= 15 is 0 Å². The van der Waals surface area contributed by atoms with Crippen LogP contribution in [0, 0.1) is 0 Å². The molecule has 1 N–H and O–H groups in total. The SMILES string of the molecule is C=CCOC(=O)CC[N+](C)(C)c1ccccc1.[OH-]. The first-order valence-electron chi connectivity index (χ1n) is 5.71. The Bertz CT molecular complexity index is 374. The molecular weight excluding hydrogens is 230 g/mol.